The molecule has 3 heterocycles. The quantitative estimate of drug-likeness (QED) is 0.774. The fraction of sp³-hybridized carbons (Fsp3) is 0.476. The predicted molar refractivity (Wildman–Crippen MR) is 102 cm³/mol. The Morgan fingerprint density at radius 1 is 1.07 bits per heavy atom. The molecule has 1 saturated heterocycles. The second kappa shape index (κ2) is 7.02. The zero-order valence-corrected chi connectivity index (χ0v) is 16.3. The van der Waals surface area contributed by atoms with Gasteiger partial charge >= 0.3 is 0 Å². The van der Waals surface area contributed by atoms with Crippen molar-refractivity contribution in [3.63, 3.8) is 0 Å². The fourth-order valence-electron chi connectivity index (χ4n) is 4.17. The molecule has 2 aliphatic rings. The van der Waals surface area contributed by atoms with E-state index in [2.05, 4.69) is 23.3 Å². The number of morpholine rings is 1. The normalized spacial score (nSPS) is 22.2. The van der Waals surface area contributed by atoms with E-state index in [0.717, 1.165) is 47.2 Å². The fourth-order valence-corrected chi connectivity index (χ4v) is 4.17. The number of ether oxygens (including phenoxy) is 3. The summed E-state index contributed by atoms with van der Waals surface area (Å²) in [5.74, 6) is 1.65. The van der Waals surface area contributed by atoms with Gasteiger partial charge in [-0.25, -0.2) is 0 Å². The number of nitrogens with zero attached hydrogens (tertiary/aromatic N) is 2. The van der Waals surface area contributed by atoms with Gasteiger partial charge in [0.2, 0.25) is 6.79 Å². The molecule has 2 aromatic rings. The molecule has 0 spiro atoms. The van der Waals surface area contributed by atoms with Crippen molar-refractivity contribution in [3.05, 3.63) is 41.2 Å². The minimum atomic E-state index is 0.149. The van der Waals surface area contributed by atoms with Crippen LogP contribution in [0.4, 0.5) is 0 Å². The summed E-state index contributed by atoms with van der Waals surface area (Å²) in [4.78, 5) is 15.2. The predicted octanol–water partition coefficient (Wildman–Crippen LogP) is 3.11. The molecule has 27 heavy (non-hydrogen) atoms. The van der Waals surface area contributed by atoms with Crippen LogP contribution in [0, 0.1) is 13.8 Å². The van der Waals surface area contributed by atoms with Crippen molar-refractivity contribution in [1.82, 2.24) is 9.47 Å². The van der Waals surface area contributed by atoms with Crippen LogP contribution in [-0.2, 0) is 4.74 Å². The van der Waals surface area contributed by atoms with Crippen molar-refractivity contribution in [2.24, 2.45) is 0 Å². The Morgan fingerprint density at radius 3 is 2.52 bits per heavy atom. The molecule has 144 valence electrons. The van der Waals surface area contributed by atoms with E-state index in [1.165, 1.54) is 0 Å². The lowest BCUT2D eigenvalue weighted by Crippen LogP contribution is -2.47. The van der Waals surface area contributed by atoms with Crippen molar-refractivity contribution in [2.75, 3.05) is 26.4 Å². The summed E-state index contributed by atoms with van der Waals surface area (Å²) in [6, 6.07) is 7.85. The van der Waals surface area contributed by atoms with E-state index in [0.29, 0.717) is 6.54 Å². The van der Waals surface area contributed by atoms with Gasteiger partial charge in [0.25, 0.3) is 0 Å². The number of aryl methyl sites for hydroxylation is 1. The second-order valence-electron chi connectivity index (χ2n) is 7.53. The van der Waals surface area contributed by atoms with E-state index >= 15 is 0 Å². The first kappa shape index (κ1) is 18.1. The minimum absolute atomic E-state index is 0.149. The van der Waals surface area contributed by atoms with Crippen molar-refractivity contribution < 1.29 is 19.0 Å². The molecule has 0 unspecified atom stereocenters. The summed E-state index contributed by atoms with van der Waals surface area (Å²) in [6.07, 6.45) is 0.310. The largest absolute Gasteiger partial charge is 0.454 e. The second-order valence-corrected chi connectivity index (χ2v) is 7.53. The summed E-state index contributed by atoms with van der Waals surface area (Å²) < 4.78 is 18.8. The number of ketones is 1. The number of hydrogen-bond donors (Lipinski definition) is 0. The van der Waals surface area contributed by atoms with Gasteiger partial charge in [-0.3, -0.25) is 9.69 Å². The Bertz CT molecular complexity index is 863. The average Bonchev–Trinajstić information content (AvgIpc) is 3.17. The van der Waals surface area contributed by atoms with E-state index in [1.54, 1.807) is 0 Å². The van der Waals surface area contributed by atoms with E-state index in [9.17, 15) is 4.79 Å². The first-order chi connectivity index (χ1) is 12.9. The minimum Gasteiger partial charge on any atom is -0.454 e. The molecule has 0 saturated carbocycles. The number of rotatable bonds is 4. The first-order valence-corrected chi connectivity index (χ1v) is 9.42. The zero-order chi connectivity index (χ0) is 19.1. The summed E-state index contributed by atoms with van der Waals surface area (Å²) in [5, 5.41) is 0. The van der Waals surface area contributed by atoms with Crippen molar-refractivity contribution in [1.29, 1.82) is 0 Å². The standard InChI is InChI=1S/C21H26N2O4/c1-13-7-18(19(24)11-22-9-14(2)27-15(3)10-22)16(4)23(13)17-5-6-20-21(8-17)26-12-25-20/h5-8,14-15H,9-12H2,1-4H3/t14-,15+. The summed E-state index contributed by atoms with van der Waals surface area (Å²) in [5.41, 5.74) is 3.73. The Morgan fingerprint density at radius 2 is 1.78 bits per heavy atom. The highest BCUT2D eigenvalue weighted by molar-refractivity contribution is 5.99. The van der Waals surface area contributed by atoms with Gasteiger partial charge in [0.15, 0.2) is 17.3 Å². The smallest absolute Gasteiger partial charge is 0.231 e. The van der Waals surface area contributed by atoms with Gasteiger partial charge in [0.1, 0.15) is 0 Å². The molecule has 1 aromatic carbocycles. The molecule has 4 rings (SSSR count). The highest BCUT2D eigenvalue weighted by atomic mass is 16.7. The van der Waals surface area contributed by atoms with Crippen LogP contribution in [0.3, 0.4) is 0 Å². The van der Waals surface area contributed by atoms with E-state index in [1.807, 2.05) is 38.1 Å². The number of hydrogen-bond acceptors (Lipinski definition) is 5. The van der Waals surface area contributed by atoms with Crippen molar-refractivity contribution >= 4 is 5.78 Å². The van der Waals surface area contributed by atoms with Crippen LogP contribution >= 0.6 is 0 Å². The topological polar surface area (TPSA) is 52.9 Å². The highest BCUT2D eigenvalue weighted by Gasteiger charge is 2.26. The first-order valence-electron chi connectivity index (χ1n) is 9.42. The molecule has 1 fully saturated rings. The molecule has 0 bridgehead atoms. The van der Waals surface area contributed by atoms with Crippen LogP contribution in [0.15, 0.2) is 24.3 Å². The summed E-state index contributed by atoms with van der Waals surface area (Å²) >= 11 is 0. The van der Waals surface area contributed by atoms with E-state index in [-0.39, 0.29) is 24.8 Å². The Hall–Kier alpha value is -2.31. The van der Waals surface area contributed by atoms with E-state index in [4.69, 9.17) is 14.2 Å². The van der Waals surface area contributed by atoms with Crippen molar-refractivity contribution in [3.8, 4) is 17.2 Å². The third-order valence-corrected chi connectivity index (χ3v) is 5.21. The molecule has 2 atom stereocenters. The Labute approximate surface area is 159 Å². The summed E-state index contributed by atoms with van der Waals surface area (Å²) in [6.45, 7) is 10.4. The number of fused-ring (bicyclic) bond motifs is 1. The van der Waals surface area contributed by atoms with Gasteiger partial charge in [0.05, 0.1) is 18.8 Å². The lowest BCUT2D eigenvalue weighted by Gasteiger charge is -2.34. The lowest BCUT2D eigenvalue weighted by atomic mass is 10.1. The van der Waals surface area contributed by atoms with Crippen LogP contribution in [0.2, 0.25) is 0 Å². The van der Waals surface area contributed by atoms with Crippen LogP contribution in [0.1, 0.15) is 35.6 Å². The average molecular weight is 370 g/mol. The van der Waals surface area contributed by atoms with Crippen LogP contribution in [0.25, 0.3) is 5.69 Å². The third kappa shape index (κ3) is 3.47. The molecule has 6 nitrogen and oxygen atoms in total. The molecule has 0 amide bonds. The van der Waals surface area contributed by atoms with Crippen molar-refractivity contribution in [2.45, 2.75) is 39.9 Å². The Kier molecular flexibility index (Phi) is 4.70. The maximum Gasteiger partial charge on any atom is 0.231 e. The number of Topliss-reactive ketones (excluding diaryl/α,β-unsaturated/α-hetero) is 1. The Balaban J connectivity index is 1.58. The molecular formula is C21H26N2O4. The van der Waals surface area contributed by atoms with Gasteiger partial charge < -0.3 is 18.8 Å². The maximum absolute atomic E-state index is 13.0. The van der Waals surface area contributed by atoms with Gasteiger partial charge in [-0.05, 0) is 45.9 Å². The third-order valence-electron chi connectivity index (χ3n) is 5.21. The molecular weight excluding hydrogens is 344 g/mol. The lowest BCUT2D eigenvalue weighted by molar-refractivity contribution is -0.0652. The van der Waals surface area contributed by atoms with Gasteiger partial charge in [-0.1, -0.05) is 0 Å². The zero-order valence-electron chi connectivity index (χ0n) is 16.3. The molecule has 6 heteroatoms. The van der Waals surface area contributed by atoms with E-state index < -0.39 is 0 Å². The van der Waals surface area contributed by atoms with Crippen LogP contribution in [-0.4, -0.2) is 53.9 Å². The highest BCUT2D eigenvalue weighted by Crippen LogP contribution is 2.35. The number of carbonyl (C=O) groups is 1. The summed E-state index contributed by atoms with van der Waals surface area (Å²) in [7, 11) is 0. The molecule has 0 radical (unpaired) electrons. The molecule has 0 aliphatic carbocycles. The van der Waals surface area contributed by atoms with Crippen LogP contribution < -0.4 is 9.47 Å². The monoisotopic (exact) mass is 370 g/mol. The molecule has 0 N–H and O–H groups in total. The maximum atomic E-state index is 13.0. The molecule has 2 aliphatic heterocycles. The number of aromatic nitrogens is 1. The van der Waals surface area contributed by atoms with Gasteiger partial charge in [-0.2, -0.15) is 0 Å². The van der Waals surface area contributed by atoms with Crippen LogP contribution in [0.5, 0.6) is 11.5 Å². The van der Waals surface area contributed by atoms with Gasteiger partial charge in [0, 0.05) is 41.8 Å². The van der Waals surface area contributed by atoms with Gasteiger partial charge in [-0.15, -0.1) is 0 Å². The number of carbonyl (C=O) groups excluding carboxylic acids is 1. The molecule has 1 aromatic heterocycles. The SMILES string of the molecule is Cc1cc(C(=O)CN2C[C@@H](C)O[C@@H](C)C2)c(C)n1-c1ccc2c(c1)OCO2. The number of benzene rings is 1.